The molecule has 0 fully saturated rings. The molecule has 0 spiro atoms. The number of hydrogen-bond donors (Lipinski definition) is 2. The molecule has 0 saturated carbocycles. The van der Waals surface area contributed by atoms with Crippen molar-refractivity contribution in [2.24, 2.45) is 0 Å². The van der Waals surface area contributed by atoms with Crippen LogP contribution >= 0.6 is 0 Å². The minimum absolute atomic E-state index is 0.0945. The van der Waals surface area contributed by atoms with Gasteiger partial charge in [-0.15, -0.1) is 0 Å². The summed E-state index contributed by atoms with van der Waals surface area (Å²) < 4.78 is 5.50. The van der Waals surface area contributed by atoms with E-state index in [0.29, 0.717) is 18.6 Å². The maximum atomic E-state index is 9.75. The van der Waals surface area contributed by atoms with Crippen LogP contribution in [0.2, 0.25) is 0 Å². The monoisotopic (exact) mass is 206 g/mol. The van der Waals surface area contributed by atoms with Gasteiger partial charge in [0.15, 0.2) is 0 Å². The fourth-order valence-electron chi connectivity index (χ4n) is 1.59. The fraction of sp³-hybridized carbons (Fsp3) is 0.333. The maximum absolute atomic E-state index is 9.75. The summed E-state index contributed by atoms with van der Waals surface area (Å²) in [6.45, 7) is 0.0945. The Labute approximate surface area is 88.0 Å². The van der Waals surface area contributed by atoms with Crippen LogP contribution in [0, 0.1) is 0 Å². The molecule has 0 radical (unpaired) electrons. The number of hydrogen-bond acceptors (Lipinski definition) is 3. The molecule has 0 amide bonds. The van der Waals surface area contributed by atoms with Crippen molar-refractivity contribution >= 4 is 11.0 Å². The van der Waals surface area contributed by atoms with Gasteiger partial charge in [-0.25, -0.2) is 0 Å². The number of fused-ring (bicyclic) bond motifs is 1. The highest BCUT2D eigenvalue weighted by Gasteiger charge is 2.12. The average molecular weight is 206 g/mol. The molecule has 2 rings (SSSR count). The number of aliphatic hydroxyl groups is 2. The largest absolute Gasteiger partial charge is 0.458 e. The van der Waals surface area contributed by atoms with Gasteiger partial charge in [0.2, 0.25) is 0 Å². The Balaban J connectivity index is 2.20. The summed E-state index contributed by atoms with van der Waals surface area (Å²) in [5, 5.41) is 19.4. The van der Waals surface area contributed by atoms with Crippen LogP contribution in [0.5, 0.6) is 0 Å². The Hall–Kier alpha value is -1.32. The van der Waals surface area contributed by atoms with Gasteiger partial charge >= 0.3 is 0 Å². The lowest BCUT2D eigenvalue weighted by Gasteiger charge is -2.04. The van der Waals surface area contributed by atoms with Gasteiger partial charge in [-0.2, -0.15) is 0 Å². The zero-order valence-electron chi connectivity index (χ0n) is 8.39. The SMILES string of the molecule is OCCC[C@@H](O)c1cc2ccccc2o1. The topological polar surface area (TPSA) is 53.6 Å². The Morgan fingerprint density at radius 1 is 1.27 bits per heavy atom. The van der Waals surface area contributed by atoms with Crippen molar-refractivity contribution in [1.82, 2.24) is 0 Å². The summed E-state index contributed by atoms with van der Waals surface area (Å²) in [6, 6.07) is 9.49. The van der Waals surface area contributed by atoms with Crippen molar-refractivity contribution in [3.8, 4) is 0 Å². The van der Waals surface area contributed by atoms with Crippen LogP contribution in [0.25, 0.3) is 11.0 Å². The lowest BCUT2D eigenvalue weighted by Crippen LogP contribution is -1.96. The number of rotatable bonds is 4. The molecule has 0 bridgehead atoms. The van der Waals surface area contributed by atoms with Gasteiger partial charge in [-0.1, -0.05) is 18.2 Å². The van der Waals surface area contributed by atoms with Gasteiger partial charge in [0, 0.05) is 12.0 Å². The Kier molecular flexibility index (Phi) is 3.04. The first-order valence-electron chi connectivity index (χ1n) is 5.08. The summed E-state index contributed by atoms with van der Waals surface area (Å²) in [5.74, 6) is 0.574. The molecule has 15 heavy (non-hydrogen) atoms. The normalized spacial score (nSPS) is 13.2. The Bertz CT molecular complexity index is 400. The van der Waals surface area contributed by atoms with E-state index in [1.807, 2.05) is 30.3 Å². The Morgan fingerprint density at radius 2 is 2.07 bits per heavy atom. The van der Waals surface area contributed by atoms with Crippen molar-refractivity contribution in [1.29, 1.82) is 0 Å². The highest BCUT2D eigenvalue weighted by Crippen LogP contribution is 2.25. The first kappa shape index (κ1) is 10.2. The maximum Gasteiger partial charge on any atom is 0.134 e. The summed E-state index contributed by atoms with van der Waals surface area (Å²) in [6.07, 6.45) is 0.485. The van der Waals surface area contributed by atoms with E-state index in [0.717, 1.165) is 11.0 Å². The molecule has 0 aliphatic heterocycles. The molecule has 1 aromatic carbocycles. The van der Waals surface area contributed by atoms with Crippen molar-refractivity contribution in [3.63, 3.8) is 0 Å². The van der Waals surface area contributed by atoms with E-state index in [1.165, 1.54) is 0 Å². The zero-order chi connectivity index (χ0) is 10.7. The molecule has 3 heteroatoms. The van der Waals surface area contributed by atoms with E-state index in [9.17, 15) is 5.11 Å². The van der Waals surface area contributed by atoms with Crippen LogP contribution < -0.4 is 0 Å². The second-order valence-electron chi connectivity index (χ2n) is 3.57. The molecule has 0 unspecified atom stereocenters. The van der Waals surface area contributed by atoms with E-state index < -0.39 is 6.10 Å². The molecular formula is C12H14O3. The van der Waals surface area contributed by atoms with Crippen molar-refractivity contribution in [2.45, 2.75) is 18.9 Å². The van der Waals surface area contributed by atoms with Crippen LogP contribution in [0.4, 0.5) is 0 Å². The van der Waals surface area contributed by atoms with Crippen LogP contribution in [0.15, 0.2) is 34.7 Å². The second-order valence-corrected chi connectivity index (χ2v) is 3.57. The fourth-order valence-corrected chi connectivity index (χ4v) is 1.59. The molecule has 3 nitrogen and oxygen atoms in total. The second kappa shape index (κ2) is 4.47. The molecule has 0 saturated heterocycles. The summed E-state index contributed by atoms with van der Waals surface area (Å²) in [4.78, 5) is 0. The lowest BCUT2D eigenvalue weighted by molar-refractivity contribution is 0.130. The third kappa shape index (κ3) is 2.19. The summed E-state index contributed by atoms with van der Waals surface area (Å²) in [7, 11) is 0. The molecule has 2 aromatic rings. The number of aliphatic hydroxyl groups excluding tert-OH is 2. The van der Waals surface area contributed by atoms with Gasteiger partial charge in [0.05, 0.1) is 0 Å². The molecule has 2 N–H and O–H groups in total. The highest BCUT2D eigenvalue weighted by molar-refractivity contribution is 5.77. The molecular weight excluding hydrogens is 192 g/mol. The minimum Gasteiger partial charge on any atom is -0.458 e. The molecule has 1 atom stereocenters. The van der Waals surface area contributed by atoms with E-state index in [-0.39, 0.29) is 6.61 Å². The van der Waals surface area contributed by atoms with Crippen LogP contribution in [0.3, 0.4) is 0 Å². The zero-order valence-corrected chi connectivity index (χ0v) is 8.39. The van der Waals surface area contributed by atoms with Gasteiger partial charge in [0.25, 0.3) is 0 Å². The van der Waals surface area contributed by atoms with Crippen LogP contribution in [0.1, 0.15) is 24.7 Å². The van der Waals surface area contributed by atoms with Crippen LogP contribution in [-0.2, 0) is 0 Å². The third-order valence-corrected chi connectivity index (χ3v) is 2.41. The quantitative estimate of drug-likeness (QED) is 0.806. The molecule has 1 aromatic heterocycles. The molecule has 80 valence electrons. The molecule has 0 aliphatic rings. The van der Waals surface area contributed by atoms with Gasteiger partial charge < -0.3 is 14.6 Å². The standard InChI is InChI=1S/C12H14O3/c13-7-3-5-10(14)12-8-9-4-1-2-6-11(9)15-12/h1-2,4,6,8,10,13-14H,3,5,7H2/t10-/m1/s1. The summed E-state index contributed by atoms with van der Waals surface area (Å²) >= 11 is 0. The Morgan fingerprint density at radius 3 is 2.80 bits per heavy atom. The molecule has 1 heterocycles. The van der Waals surface area contributed by atoms with Gasteiger partial charge in [0.1, 0.15) is 17.4 Å². The van der Waals surface area contributed by atoms with Crippen molar-refractivity contribution in [2.75, 3.05) is 6.61 Å². The smallest absolute Gasteiger partial charge is 0.134 e. The minimum atomic E-state index is -0.621. The molecule has 0 aliphatic carbocycles. The van der Waals surface area contributed by atoms with E-state index in [2.05, 4.69) is 0 Å². The number of benzene rings is 1. The number of para-hydroxylation sites is 1. The van der Waals surface area contributed by atoms with Crippen LogP contribution in [-0.4, -0.2) is 16.8 Å². The third-order valence-electron chi connectivity index (χ3n) is 2.41. The summed E-state index contributed by atoms with van der Waals surface area (Å²) in [5.41, 5.74) is 0.788. The first-order valence-corrected chi connectivity index (χ1v) is 5.08. The lowest BCUT2D eigenvalue weighted by atomic mass is 10.1. The predicted octanol–water partition coefficient (Wildman–Crippen LogP) is 2.24. The van der Waals surface area contributed by atoms with E-state index in [1.54, 1.807) is 0 Å². The highest BCUT2D eigenvalue weighted by atomic mass is 16.4. The van der Waals surface area contributed by atoms with Gasteiger partial charge in [-0.3, -0.25) is 0 Å². The van der Waals surface area contributed by atoms with Crippen molar-refractivity contribution in [3.05, 3.63) is 36.1 Å². The van der Waals surface area contributed by atoms with Crippen molar-refractivity contribution < 1.29 is 14.6 Å². The average Bonchev–Trinajstić information content (AvgIpc) is 2.69. The van der Waals surface area contributed by atoms with Gasteiger partial charge in [-0.05, 0) is 25.0 Å². The van der Waals surface area contributed by atoms with E-state index in [4.69, 9.17) is 9.52 Å². The predicted molar refractivity (Wildman–Crippen MR) is 57.5 cm³/mol. The first-order chi connectivity index (χ1) is 7.31. The number of furan rings is 1. The van der Waals surface area contributed by atoms with E-state index >= 15 is 0 Å².